The van der Waals surface area contributed by atoms with Crippen LogP contribution in [0.1, 0.15) is 25.3 Å². The van der Waals surface area contributed by atoms with Gasteiger partial charge in [0, 0.05) is 25.5 Å². The molecule has 3 heteroatoms. The van der Waals surface area contributed by atoms with Gasteiger partial charge in [0.1, 0.15) is 0 Å². The van der Waals surface area contributed by atoms with Crippen molar-refractivity contribution in [3.05, 3.63) is 30.1 Å². The molecule has 1 atom stereocenters. The standard InChI is InChI=1S/C14H23N3/c1-13(12-17-7-2-3-8-17)9-16-11-14-5-4-6-15-10-14/h4-6,10,13,16H,2-3,7-9,11-12H2,1H3. The second kappa shape index (κ2) is 6.72. The van der Waals surface area contributed by atoms with Crippen molar-refractivity contribution in [2.75, 3.05) is 26.2 Å². The number of aromatic nitrogens is 1. The highest BCUT2D eigenvalue weighted by molar-refractivity contribution is 5.07. The van der Waals surface area contributed by atoms with Crippen LogP contribution in [0.5, 0.6) is 0 Å². The van der Waals surface area contributed by atoms with Crippen LogP contribution in [0.2, 0.25) is 0 Å². The van der Waals surface area contributed by atoms with E-state index in [0.29, 0.717) is 0 Å². The minimum Gasteiger partial charge on any atom is -0.312 e. The maximum atomic E-state index is 4.12. The molecule has 94 valence electrons. The van der Waals surface area contributed by atoms with Gasteiger partial charge in [0.2, 0.25) is 0 Å². The minimum atomic E-state index is 0.727. The Morgan fingerprint density at radius 3 is 2.94 bits per heavy atom. The van der Waals surface area contributed by atoms with E-state index in [1.807, 2.05) is 18.5 Å². The lowest BCUT2D eigenvalue weighted by Crippen LogP contribution is -2.31. The van der Waals surface area contributed by atoms with Crippen molar-refractivity contribution >= 4 is 0 Å². The van der Waals surface area contributed by atoms with E-state index in [-0.39, 0.29) is 0 Å². The van der Waals surface area contributed by atoms with E-state index in [1.165, 1.54) is 38.0 Å². The Kier molecular flexibility index (Phi) is 4.95. The molecule has 1 fully saturated rings. The summed E-state index contributed by atoms with van der Waals surface area (Å²) in [7, 11) is 0. The van der Waals surface area contributed by atoms with Gasteiger partial charge in [0.25, 0.3) is 0 Å². The summed E-state index contributed by atoms with van der Waals surface area (Å²) in [4.78, 5) is 6.70. The number of likely N-dealkylation sites (tertiary alicyclic amines) is 1. The van der Waals surface area contributed by atoms with E-state index in [0.717, 1.165) is 19.0 Å². The molecule has 2 heterocycles. The maximum absolute atomic E-state index is 4.12. The van der Waals surface area contributed by atoms with Crippen molar-refractivity contribution in [1.29, 1.82) is 0 Å². The molecule has 17 heavy (non-hydrogen) atoms. The monoisotopic (exact) mass is 233 g/mol. The summed E-state index contributed by atoms with van der Waals surface area (Å²) < 4.78 is 0. The lowest BCUT2D eigenvalue weighted by Gasteiger charge is -2.20. The summed E-state index contributed by atoms with van der Waals surface area (Å²) in [6, 6.07) is 4.11. The van der Waals surface area contributed by atoms with E-state index >= 15 is 0 Å². The molecule has 0 amide bonds. The van der Waals surface area contributed by atoms with Crippen molar-refractivity contribution in [3.8, 4) is 0 Å². The highest BCUT2D eigenvalue weighted by atomic mass is 15.1. The van der Waals surface area contributed by atoms with E-state index in [1.54, 1.807) is 0 Å². The molecule has 1 aliphatic rings. The third kappa shape index (κ3) is 4.44. The normalized spacial score (nSPS) is 18.4. The van der Waals surface area contributed by atoms with Crippen LogP contribution in [0.25, 0.3) is 0 Å². The Labute approximate surface area is 104 Å². The molecular weight excluding hydrogens is 210 g/mol. The van der Waals surface area contributed by atoms with Gasteiger partial charge in [0.15, 0.2) is 0 Å². The lowest BCUT2D eigenvalue weighted by atomic mass is 10.1. The molecule has 0 bridgehead atoms. The topological polar surface area (TPSA) is 28.2 Å². The molecule has 2 rings (SSSR count). The molecule has 1 saturated heterocycles. The number of pyridine rings is 1. The maximum Gasteiger partial charge on any atom is 0.0312 e. The van der Waals surface area contributed by atoms with Gasteiger partial charge >= 0.3 is 0 Å². The van der Waals surface area contributed by atoms with Crippen LogP contribution >= 0.6 is 0 Å². The average Bonchev–Trinajstić information content (AvgIpc) is 2.83. The molecule has 1 N–H and O–H groups in total. The van der Waals surface area contributed by atoms with Crippen molar-refractivity contribution in [3.63, 3.8) is 0 Å². The average molecular weight is 233 g/mol. The van der Waals surface area contributed by atoms with Gasteiger partial charge in [-0.25, -0.2) is 0 Å². The van der Waals surface area contributed by atoms with E-state index in [2.05, 4.69) is 28.2 Å². The van der Waals surface area contributed by atoms with Crippen LogP contribution in [0.15, 0.2) is 24.5 Å². The first-order valence-electron chi connectivity index (χ1n) is 6.66. The minimum absolute atomic E-state index is 0.727. The number of hydrogen-bond acceptors (Lipinski definition) is 3. The lowest BCUT2D eigenvalue weighted by molar-refractivity contribution is 0.282. The first kappa shape index (κ1) is 12.5. The SMILES string of the molecule is CC(CNCc1cccnc1)CN1CCCC1. The van der Waals surface area contributed by atoms with Crippen molar-refractivity contribution in [2.45, 2.75) is 26.3 Å². The van der Waals surface area contributed by atoms with Crippen LogP contribution in [-0.2, 0) is 6.54 Å². The van der Waals surface area contributed by atoms with Gasteiger partial charge in [-0.1, -0.05) is 13.0 Å². The summed E-state index contributed by atoms with van der Waals surface area (Å²) in [5, 5.41) is 3.51. The largest absolute Gasteiger partial charge is 0.312 e. The summed E-state index contributed by atoms with van der Waals surface area (Å²) in [6.45, 7) is 8.18. The number of nitrogens with one attached hydrogen (secondary N) is 1. The Bertz CT molecular complexity index is 307. The van der Waals surface area contributed by atoms with Crippen LogP contribution in [0, 0.1) is 5.92 Å². The number of nitrogens with zero attached hydrogens (tertiary/aromatic N) is 2. The van der Waals surface area contributed by atoms with Crippen LogP contribution in [-0.4, -0.2) is 36.1 Å². The molecule has 3 nitrogen and oxygen atoms in total. The Morgan fingerprint density at radius 1 is 1.41 bits per heavy atom. The molecule has 1 aliphatic heterocycles. The fourth-order valence-electron chi connectivity index (χ4n) is 2.44. The Morgan fingerprint density at radius 2 is 2.24 bits per heavy atom. The Hall–Kier alpha value is -0.930. The number of rotatable bonds is 6. The molecule has 0 aliphatic carbocycles. The van der Waals surface area contributed by atoms with E-state index in [9.17, 15) is 0 Å². The van der Waals surface area contributed by atoms with Crippen LogP contribution < -0.4 is 5.32 Å². The van der Waals surface area contributed by atoms with Crippen molar-refractivity contribution in [1.82, 2.24) is 15.2 Å². The van der Waals surface area contributed by atoms with Gasteiger partial charge in [-0.15, -0.1) is 0 Å². The highest BCUT2D eigenvalue weighted by Gasteiger charge is 2.14. The third-order valence-electron chi connectivity index (χ3n) is 3.31. The van der Waals surface area contributed by atoms with Gasteiger partial charge in [-0.2, -0.15) is 0 Å². The molecule has 0 spiro atoms. The molecule has 0 radical (unpaired) electrons. The van der Waals surface area contributed by atoms with Gasteiger partial charge < -0.3 is 10.2 Å². The van der Waals surface area contributed by atoms with Crippen LogP contribution in [0.4, 0.5) is 0 Å². The van der Waals surface area contributed by atoms with Crippen LogP contribution in [0.3, 0.4) is 0 Å². The third-order valence-corrected chi connectivity index (χ3v) is 3.31. The molecule has 1 aromatic heterocycles. The smallest absolute Gasteiger partial charge is 0.0312 e. The zero-order valence-corrected chi connectivity index (χ0v) is 10.7. The predicted molar refractivity (Wildman–Crippen MR) is 70.8 cm³/mol. The van der Waals surface area contributed by atoms with Gasteiger partial charge in [0.05, 0.1) is 0 Å². The first-order chi connectivity index (χ1) is 8.34. The molecular formula is C14H23N3. The fraction of sp³-hybridized carbons (Fsp3) is 0.643. The Balaban J connectivity index is 1.61. The first-order valence-corrected chi connectivity index (χ1v) is 6.66. The molecule has 1 aromatic rings. The number of hydrogen-bond donors (Lipinski definition) is 1. The summed E-state index contributed by atoms with van der Waals surface area (Å²) in [5.74, 6) is 0.727. The van der Waals surface area contributed by atoms with Crippen molar-refractivity contribution < 1.29 is 0 Å². The molecule has 0 aromatic carbocycles. The second-order valence-corrected chi connectivity index (χ2v) is 5.11. The van der Waals surface area contributed by atoms with Crippen molar-refractivity contribution in [2.24, 2.45) is 5.92 Å². The summed E-state index contributed by atoms with van der Waals surface area (Å²) in [5.41, 5.74) is 1.26. The van der Waals surface area contributed by atoms with Gasteiger partial charge in [-0.05, 0) is 50.0 Å². The van der Waals surface area contributed by atoms with E-state index in [4.69, 9.17) is 0 Å². The van der Waals surface area contributed by atoms with Gasteiger partial charge in [-0.3, -0.25) is 4.98 Å². The summed E-state index contributed by atoms with van der Waals surface area (Å²) >= 11 is 0. The fourth-order valence-corrected chi connectivity index (χ4v) is 2.44. The quantitative estimate of drug-likeness (QED) is 0.813. The van der Waals surface area contributed by atoms with E-state index < -0.39 is 0 Å². The zero-order chi connectivity index (χ0) is 11.9. The zero-order valence-electron chi connectivity index (χ0n) is 10.7. The summed E-state index contributed by atoms with van der Waals surface area (Å²) in [6.07, 6.45) is 6.52. The second-order valence-electron chi connectivity index (χ2n) is 5.11. The highest BCUT2D eigenvalue weighted by Crippen LogP contribution is 2.09. The molecule has 1 unspecified atom stereocenters. The predicted octanol–water partition coefficient (Wildman–Crippen LogP) is 1.90. The molecule has 0 saturated carbocycles.